The van der Waals surface area contributed by atoms with Crippen molar-refractivity contribution in [3.63, 3.8) is 0 Å². The fourth-order valence-electron chi connectivity index (χ4n) is 2.88. The average Bonchev–Trinajstić information content (AvgIpc) is 2.69. The Hall–Kier alpha value is -3.03. The molecule has 1 aliphatic heterocycles. The zero-order valence-electron chi connectivity index (χ0n) is 16.6. The Morgan fingerprint density at radius 2 is 1.86 bits per heavy atom. The zero-order valence-corrected chi connectivity index (χ0v) is 16.6. The van der Waals surface area contributed by atoms with E-state index in [1.165, 1.54) is 6.92 Å². The summed E-state index contributed by atoms with van der Waals surface area (Å²) in [6, 6.07) is 1.70. The lowest BCUT2D eigenvalue weighted by atomic mass is 9.95. The van der Waals surface area contributed by atoms with Gasteiger partial charge in [-0.1, -0.05) is 6.08 Å². The molecule has 0 atom stereocenters. The molecule has 8 heteroatoms. The van der Waals surface area contributed by atoms with Crippen LogP contribution in [0.1, 0.15) is 43.1 Å². The molecule has 1 aromatic carbocycles. The van der Waals surface area contributed by atoms with Crippen molar-refractivity contribution in [1.29, 1.82) is 0 Å². The minimum atomic E-state index is -1.03. The molecule has 29 heavy (non-hydrogen) atoms. The highest BCUT2D eigenvalue weighted by Gasteiger charge is 2.27. The number of hydrogen-bond acceptors (Lipinski definition) is 5. The summed E-state index contributed by atoms with van der Waals surface area (Å²) >= 11 is 0. The maximum absolute atomic E-state index is 14.7. The van der Waals surface area contributed by atoms with Gasteiger partial charge in [0, 0.05) is 25.6 Å². The number of carbonyl (C=O) groups is 3. The van der Waals surface area contributed by atoms with Gasteiger partial charge >= 0.3 is 5.97 Å². The molecule has 0 saturated heterocycles. The molecule has 0 aliphatic carbocycles. The molecule has 1 aromatic rings. The van der Waals surface area contributed by atoms with E-state index >= 15 is 0 Å². The summed E-state index contributed by atoms with van der Waals surface area (Å²) in [5, 5.41) is 0. The van der Waals surface area contributed by atoms with E-state index in [-0.39, 0.29) is 24.7 Å². The number of Topliss-reactive ketones (excluding diaryl/α,β-unsaturated/α-hetero) is 1. The Balaban J connectivity index is 2.36. The smallest absolute Gasteiger partial charge is 0.345 e. The van der Waals surface area contributed by atoms with Gasteiger partial charge < -0.3 is 14.4 Å². The third-order valence-corrected chi connectivity index (χ3v) is 4.41. The largest absolute Gasteiger partial charge is 0.500 e. The van der Waals surface area contributed by atoms with Gasteiger partial charge in [0.05, 0.1) is 18.8 Å². The first-order valence-corrected chi connectivity index (χ1v) is 9.27. The van der Waals surface area contributed by atoms with Gasteiger partial charge in [0.1, 0.15) is 23.5 Å². The van der Waals surface area contributed by atoms with Gasteiger partial charge in [0.15, 0.2) is 0 Å². The highest BCUT2D eigenvalue weighted by atomic mass is 19.1. The summed E-state index contributed by atoms with van der Waals surface area (Å²) in [5.74, 6) is -3.86. The SMILES string of the molecule is CCOC=C(C(=O)OCC)C(=O)c1cc(F)c(C2=CCN(C(C)=O)CC2)cc1F. The van der Waals surface area contributed by atoms with Crippen molar-refractivity contribution in [3.05, 3.63) is 52.8 Å². The molecule has 0 fully saturated rings. The Labute approximate surface area is 167 Å². The molecule has 0 saturated carbocycles. The van der Waals surface area contributed by atoms with E-state index in [1.54, 1.807) is 24.8 Å². The maximum Gasteiger partial charge on any atom is 0.345 e. The van der Waals surface area contributed by atoms with Crippen LogP contribution >= 0.6 is 0 Å². The minimum absolute atomic E-state index is 0.0107. The number of ketones is 1. The number of amides is 1. The lowest BCUT2D eigenvalue weighted by Gasteiger charge is -2.25. The molecular formula is C21H23F2NO5. The molecule has 0 spiro atoms. The number of halogens is 2. The highest BCUT2D eigenvalue weighted by Crippen LogP contribution is 2.28. The van der Waals surface area contributed by atoms with Gasteiger partial charge in [-0.15, -0.1) is 0 Å². The molecule has 0 aromatic heterocycles. The fraction of sp³-hybridized carbons (Fsp3) is 0.381. The van der Waals surface area contributed by atoms with Gasteiger partial charge in [0.2, 0.25) is 11.7 Å². The van der Waals surface area contributed by atoms with Gasteiger partial charge in [0.25, 0.3) is 0 Å². The van der Waals surface area contributed by atoms with Crippen molar-refractivity contribution in [2.45, 2.75) is 27.2 Å². The van der Waals surface area contributed by atoms with Crippen LogP contribution in [-0.4, -0.2) is 48.9 Å². The summed E-state index contributed by atoms with van der Waals surface area (Å²) in [6.45, 7) is 5.53. The Morgan fingerprint density at radius 1 is 1.14 bits per heavy atom. The van der Waals surface area contributed by atoms with E-state index in [2.05, 4.69) is 0 Å². The number of ether oxygens (including phenoxy) is 2. The van der Waals surface area contributed by atoms with E-state index < -0.39 is 34.5 Å². The molecule has 6 nitrogen and oxygen atoms in total. The van der Waals surface area contributed by atoms with Crippen LogP contribution in [0.3, 0.4) is 0 Å². The number of hydrogen-bond donors (Lipinski definition) is 0. The normalized spacial score (nSPS) is 14.3. The molecule has 1 amide bonds. The molecule has 0 N–H and O–H groups in total. The van der Waals surface area contributed by atoms with Crippen molar-refractivity contribution in [1.82, 2.24) is 4.90 Å². The van der Waals surface area contributed by atoms with E-state index in [0.29, 0.717) is 25.1 Å². The zero-order chi connectivity index (χ0) is 21.6. The van der Waals surface area contributed by atoms with Crippen molar-refractivity contribution >= 4 is 23.2 Å². The molecule has 0 radical (unpaired) electrons. The van der Waals surface area contributed by atoms with Crippen LogP contribution in [0, 0.1) is 11.6 Å². The lowest BCUT2D eigenvalue weighted by Crippen LogP contribution is -2.32. The highest BCUT2D eigenvalue weighted by molar-refractivity contribution is 6.24. The summed E-state index contributed by atoms with van der Waals surface area (Å²) in [7, 11) is 0. The van der Waals surface area contributed by atoms with Crippen LogP contribution in [-0.2, 0) is 19.1 Å². The Bertz CT molecular complexity index is 876. The van der Waals surface area contributed by atoms with Crippen molar-refractivity contribution in [3.8, 4) is 0 Å². The summed E-state index contributed by atoms with van der Waals surface area (Å²) in [6.07, 6.45) is 2.91. The molecule has 0 unspecified atom stereocenters. The second-order valence-corrected chi connectivity index (χ2v) is 6.29. The number of benzene rings is 1. The third-order valence-electron chi connectivity index (χ3n) is 4.41. The topological polar surface area (TPSA) is 72.9 Å². The Kier molecular flexibility index (Phi) is 7.64. The standard InChI is InChI=1S/C21H23F2NO5/c1-4-28-12-17(21(27)29-5-2)20(26)16-11-18(22)15(10-19(16)23)14-6-8-24(9-7-14)13(3)25/h6,10-12H,4-5,7-9H2,1-3H3. The maximum atomic E-state index is 14.7. The molecule has 0 bridgehead atoms. The van der Waals surface area contributed by atoms with E-state index in [1.807, 2.05) is 0 Å². The molecule has 1 aliphatic rings. The molecule has 156 valence electrons. The van der Waals surface area contributed by atoms with Gasteiger partial charge in [-0.25, -0.2) is 13.6 Å². The number of nitrogens with zero attached hydrogens (tertiary/aromatic N) is 1. The first-order chi connectivity index (χ1) is 13.8. The van der Waals surface area contributed by atoms with E-state index in [4.69, 9.17) is 9.47 Å². The summed E-state index contributed by atoms with van der Waals surface area (Å²) < 4.78 is 39.1. The second-order valence-electron chi connectivity index (χ2n) is 6.29. The molecule has 1 heterocycles. The van der Waals surface area contributed by atoms with E-state index in [0.717, 1.165) is 18.4 Å². The Morgan fingerprint density at radius 3 is 2.41 bits per heavy atom. The predicted octanol–water partition coefficient (Wildman–Crippen LogP) is 3.27. The average molecular weight is 407 g/mol. The van der Waals surface area contributed by atoms with E-state index in [9.17, 15) is 23.2 Å². The number of esters is 1. The van der Waals surface area contributed by atoms with Crippen LogP contribution in [0.25, 0.3) is 5.57 Å². The van der Waals surface area contributed by atoms with Crippen molar-refractivity contribution in [2.24, 2.45) is 0 Å². The monoisotopic (exact) mass is 407 g/mol. The third kappa shape index (κ3) is 5.28. The van der Waals surface area contributed by atoms with Crippen molar-refractivity contribution < 1.29 is 32.6 Å². The van der Waals surface area contributed by atoms with Crippen LogP contribution in [0.5, 0.6) is 0 Å². The molecule has 2 rings (SSSR count). The fourth-order valence-corrected chi connectivity index (χ4v) is 2.88. The number of rotatable bonds is 7. The molecular weight excluding hydrogens is 384 g/mol. The van der Waals surface area contributed by atoms with Crippen LogP contribution < -0.4 is 0 Å². The van der Waals surface area contributed by atoms with Gasteiger partial charge in [-0.3, -0.25) is 9.59 Å². The first-order valence-electron chi connectivity index (χ1n) is 9.27. The quantitative estimate of drug-likeness (QED) is 0.173. The van der Waals surface area contributed by atoms with Crippen LogP contribution in [0.15, 0.2) is 30.0 Å². The number of carbonyl (C=O) groups excluding carboxylic acids is 3. The second kappa shape index (κ2) is 9.95. The minimum Gasteiger partial charge on any atom is -0.500 e. The first kappa shape index (κ1) is 22.3. The summed E-state index contributed by atoms with van der Waals surface area (Å²) in [4.78, 5) is 37.6. The van der Waals surface area contributed by atoms with Crippen LogP contribution in [0.2, 0.25) is 0 Å². The van der Waals surface area contributed by atoms with Crippen molar-refractivity contribution in [2.75, 3.05) is 26.3 Å². The van der Waals surface area contributed by atoms with Crippen LogP contribution in [0.4, 0.5) is 8.78 Å². The summed E-state index contributed by atoms with van der Waals surface area (Å²) in [5.41, 5.74) is -0.539. The van der Waals surface area contributed by atoms with Gasteiger partial charge in [-0.2, -0.15) is 0 Å². The predicted molar refractivity (Wildman–Crippen MR) is 102 cm³/mol. The lowest BCUT2D eigenvalue weighted by molar-refractivity contribution is -0.138. The van der Waals surface area contributed by atoms with Gasteiger partial charge in [-0.05, 0) is 38.0 Å².